The minimum Gasteiger partial charge on any atom is -0.329 e. The summed E-state index contributed by atoms with van der Waals surface area (Å²) >= 11 is 12.1. The molecule has 0 radical (unpaired) electrons. The van der Waals surface area contributed by atoms with Gasteiger partial charge in [-0.2, -0.15) is 5.26 Å². The largest absolute Gasteiger partial charge is 0.329 e. The number of rotatable bonds is 2. The van der Waals surface area contributed by atoms with Gasteiger partial charge in [-0.05, 0) is 6.07 Å². The summed E-state index contributed by atoms with van der Waals surface area (Å²) in [5, 5.41) is 10.00. The van der Waals surface area contributed by atoms with E-state index < -0.39 is 0 Å². The Bertz CT molecular complexity index is 621. The standard InChI is InChI=1S/C13H8Cl2N2/c1-2-17-7-9(6-16)11(8-17)10-4-3-5-12(14)13(10)15/h2-5,7-8H,1H2. The zero-order valence-corrected chi connectivity index (χ0v) is 10.3. The van der Waals surface area contributed by atoms with Gasteiger partial charge in [-0.3, -0.25) is 0 Å². The molecule has 4 heteroatoms. The average molecular weight is 263 g/mol. The van der Waals surface area contributed by atoms with E-state index in [1.165, 1.54) is 0 Å². The molecule has 1 heterocycles. The maximum absolute atomic E-state index is 9.08. The molecule has 0 aliphatic carbocycles. The van der Waals surface area contributed by atoms with E-state index in [9.17, 15) is 0 Å². The molecule has 0 bridgehead atoms. The number of nitriles is 1. The molecule has 1 aromatic heterocycles. The van der Waals surface area contributed by atoms with Gasteiger partial charge in [-0.15, -0.1) is 0 Å². The van der Waals surface area contributed by atoms with Crippen molar-refractivity contribution in [2.45, 2.75) is 0 Å². The summed E-state index contributed by atoms with van der Waals surface area (Å²) in [6, 6.07) is 7.47. The van der Waals surface area contributed by atoms with Crippen molar-refractivity contribution in [1.29, 1.82) is 5.26 Å². The van der Waals surface area contributed by atoms with Crippen LogP contribution in [-0.2, 0) is 0 Å². The fourth-order valence-electron chi connectivity index (χ4n) is 1.60. The van der Waals surface area contributed by atoms with E-state index in [0.29, 0.717) is 15.6 Å². The first-order valence-corrected chi connectivity index (χ1v) is 5.61. The summed E-state index contributed by atoms with van der Waals surface area (Å²) in [6.45, 7) is 3.65. The van der Waals surface area contributed by atoms with E-state index in [1.54, 1.807) is 35.3 Å². The summed E-state index contributed by atoms with van der Waals surface area (Å²) in [5.41, 5.74) is 2.03. The van der Waals surface area contributed by atoms with Crippen LogP contribution < -0.4 is 0 Å². The molecule has 2 rings (SSSR count). The molecule has 84 valence electrons. The van der Waals surface area contributed by atoms with Crippen LogP contribution in [0.1, 0.15) is 5.56 Å². The number of nitrogens with zero attached hydrogens (tertiary/aromatic N) is 2. The highest BCUT2D eigenvalue weighted by atomic mass is 35.5. The second-order valence-electron chi connectivity index (χ2n) is 3.43. The minimum absolute atomic E-state index is 0.451. The molecule has 0 aliphatic rings. The molecule has 0 spiro atoms. The molecule has 0 unspecified atom stereocenters. The Morgan fingerprint density at radius 2 is 2.00 bits per heavy atom. The molecule has 0 aliphatic heterocycles. The van der Waals surface area contributed by atoms with Crippen molar-refractivity contribution >= 4 is 29.4 Å². The van der Waals surface area contributed by atoms with Crippen LogP contribution >= 0.6 is 23.2 Å². The van der Waals surface area contributed by atoms with Crippen LogP contribution in [0.4, 0.5) is 0 Å². The lowest BCUT2D eigenvalue weighted by Crippen LogP contribution is -1.81. The van der Waals surface area contributed by atoms with Crippen LogP contribution in [0.5, 0.6) is 0 Å². The van der Waals surface area contributed by atoms with E-state index in [0.717, 1.165) is 11.1 Å². The highest BCUT2D eigenvalue weighted by Crippen LogP contribution is 2.35. The topological polar surface area (TPSA) is 28.7 Å². The maximum Gasteiger partial charge on any atom is 0.101 e. The van der Waals surface area contributed by atoms with Gasteiger partial charge in [0.2, 0.25) is 0 Å². The summed E-state index contributed by atoms with van der Waals surface area (Å²) < 4.78 is 1.71. The summed E-state index contributed by atoms with van der Waals surface area (Å²) in [7, 11) is 0. The smallest absolute Gasteiger partial charge is 0.101 e. The zero-order chi connectivity index (χ0) is 12.4. The van der Waals surface area contributed by atoms with Crippen LogP contribution in [0.3, 0.4) is 0 Å². The van der Waals surface area contributed by atoms with Crippen LogP contribution in [0.2, 0.25) is 10.0 Å². The molecule has 0 N–H and O–H groups in total. The van der Waals surface area contributed by atoms with Gasteiger partial charge in [-0.1, -0.05) is 41.9 Å². The Hall–Kier alpha value is -1.69. The quantitative estimate of drug-likeness (QED) is 0.787. The highest BCUT2D eigenvalue weighted by Gasteiger charge is 2.12. The molecule has 0 atom stereocenters. The molecule has 1 aromatic carbocycles. The van der Waals surface area contributed by atoms with Crippen LogP contribution in [-0.4, -0.2) is 4.57 Å². The molecule has 0 amide bonds. The summed E-state index contributed by atoms with van der Waals surface area (Å²) in [5.74, 6) is 0. The fraction of sp³-hybridized carbons (Fsp3) is 0. The van der Waals surface area contributed by atoms with E-state index in [2.05, 4.69) is 12.6 Å². The Morgan fingerprint density at radius 1 is 1.24 bits per heavy atom. The van der Waals surface area contributed by atoms with E-state index in [-0.39, 0.29) is 0 Å². The van der Waals surface area contributed by atoms with E-state index in [4.69, 9.17) is 28.5 Å². The van der Waals surface area contributed by atoms with Crippen molar-refractivity contribution in [3.63, 3.8) is 0 Å². The first kappa shape index (κ1) is 11.8. The number of hydrogen-bond acceptors (Lipinski definition) is 1. The Kier molecular flexibility index (Phi) is 3.23. The van der Waals surface area contributed by atoms with Crippen molar-refractivity contribution in [1.82, 2.24) is 4.57 Å². The lowest BCUT2D eigenvalue weighted by molar-refractivity contribution is 1.17. The molecule has 0 saturated heterocycles. The van der Waals surface area contributed by atoms with Crippen molar-refractivity contribution in [2.75, 3.05) is 0 Å². The van der Waals surface area contributed by atoms with Gasteiger partial charge >= 0.3 is 0 Å². The van der Waals surface area contributed by atoms with Gasteiger partial charge in [0.15, 0.2) is 0 Å². The SMILES string of the molecule is C=Cn1cc(C#N)c(-c2cccc(Cl)c2Cl)c1. The second-order valence-corrected chi connectivity index (χ2v) is 4.21. The van der Waals surface area contributed by atoms with Gasteiger partial charge in [0.25, 0.3) is 0 Å². The predicted octanol–water partition coefficient (Wildman–Crippen LogP) is 4.43. The molecule has 17 heavy (non-hydrogen) atoms. The van der Waals surface area contributed by atoms with E-state index in [1.807, 2.05) is 6.07 Å². The molecule has 0 saturated carbocycles. The van der Waals surface area contributed by atoms with Crippen LogP contribution in [0.15, 0.2) is 37.2 Å². The first-order chi connectivity index (χ1) is 8.17. The molecular formula is C13H8Cl2N2. The third kappa shape index (κ3) is 2.08. The monoisotopic (exact) mass is 262 g/mol. The first-order valence-electron chi connectivity index (χ1n) is 4.86. The van der Waals surface area contributed by atoms with E-state index >= 15 is 0 Å². The zero-order valence-electron chi connectivity index (χ0n) is 8.82. The summed E-state index contributed by atoms with van der Waals surface area (Å²) in [4.78, 5) is 0. The van der Waals surface area contributed by atoms with Crippen molar-refractivity contribution in [3.05, 3.63) is 52.8 Å². The van der Waals surface area contributed by atoms with Gasteiger partial charge in [0.05, 0.1) is 15.6 Å². The van der Waals surface area contributed by atoms with Gasteiger partial charge in [-0.25, -0.2) is 0 Å². The number of aromatic nitrogens is 1. The number of hydrogen-bond donors (Lipinski definition) is 0. The molecule has 0 fully saturated rings. The third-order valence-electron chi connectivity index (χ3n) is 2.42. The Balaban J connectivity index is 2.68. The third-order valence-corrected chi connectivity index (χ3v) is 3.24. The van der Waals surface area contributed by atoms with Crippen LogP contribution in [0, 0.1) is 11.3 Å². The normalized spacial score (nSPS) is 9.94. The van der Waals surface area contributed by atoms with Crippen LogP contribution in [0.25, 0.3) is 17.3 Å². The molecule has 2 nitrogen and oxygen atoms in total. The van der Waals surface area contributed by atoms with Gasteiger partial charge in [0, 0.05) is 29.7 Å². The van der Waals surface area contributed by atoms with Gasteiger partial charge < -0.3 is 4.57 Å². The lowest BCUT2D eigenvalue weighted by Gasteiger charge is -2.03. The Labute approximate surface area is 109 Å². The summed E-state index contributed by atoms with van der Waals surface area (Å²) in [6.07, 6.45) is 5.10. The molecule has 2 aromatic rings. The lowest BCUT2D eigenvalue weighted by atomic mass is 10.1. The van der Waals surface area contributed by atoms with Crippen molar-refractivity contribution < 1.29 is 0 Å². The number of halogens is 2. The average Bonchev–Trinajstić information content (AvgIpc) is 2.76. The van der Waals surface area contributed by atoms with Gasteiger partial charge in [0.1, 0.15) is 6.07 Å². The predicted molar refractivity (Wildman–Crippen MR) is 71.0 cm³/mol. The van der Waals surface area contributed by atoms with Crippen molar-refractivity contribution in [3.8, 4) is 17.2 Å². The number of benzene rings is 1. The maximum atomic E-state index is 9.08. The molecular weight excluding hydrogens is 255 g/mol. The van der Waals surface area contributed by atoms with Crippen molar-refractivity contribution in [2.24, 2.45) is 0 Å². The second kappa shape index (κ2) is 4.67. The fourth-order valence-corrected chi connectivity index (χ4v) is 2.00. The Morgan fingerprint density at radius 3 is 2.65 bits per heavy atom. The highest BCUT2D eigenvalue weighted by molar-refractivity contribution is 6.43. The minimum atomic E-state index is 0.451.